The number of hydrogen-bond acceptors (Lipinski definition) is 7. The molecular weight excluding hydrogens is 508 g/mol. The van der Waals surface area contributed by atoms with Crippen LogP contribution in [0.3, 0.4) is 0 Å². The van der Waals surface area contributed by atoms with Crippen molar-refractivity contribution in [3.63, 3.8) is 0 Å². The molecule has 0 heterocycles. The normalized spacial score (nSPS) is 14.9. The van der Waals surface area contributed by atoms with Gasteiger partial charge < -0.3 is 33.5 Å². The van der Waals surface area contributed by atoms with Crippen molar-refractivity contribution in [1.29, 1.82) is 0 Å². The molecule has 0 unspecified atom stereocenters. The molecule has 7 nitrogen and oxygen atoms in total. The van der Waals surface area contributed by atoms with Gasteiger partial charge in [0.2, 0.25) is 0 Å². The molecule has 0 saturated heterocycles. The number of hydrogen-bond donors (Lipinski definition) is 1. The van der Waals surface area contributed by atoms with Crippen LogP contribution in [-0.4, -0.2) is 76.1 Å². The maximum Gasteiger partial charge on any atom is 0.180 e. The van der Waals surface area contributed by atoms with E-state index in [0.29, 0.717) is 63.3 Å². The topological polar surface area (TPSA) is 75.6 Å². The van der Waals surface area contributed by atoms with Gasteiger partial charge in [-0.15, -0.1) is 6.58 Å². The van der Waals surface area contributed by atoms with Crippen molar-refractivity contribution in [3.05, 3.63) is 12.7 Å². The minimum absolute atomic E-state index is 0.0531. The van der Waals surface area contributed by atoms with E-state index in [-0.39, 0.29) is 31.4 Å². The smallest absolute Gasteiger partial charge is 0.180 e. The third kappa shape index (κ3) is 20.4. The van der Waals surface area contributed by atoms with Crippen molar-refractivity contribution >= 4 is 0 Å². The molecule has 242 valence electrons. The van der Waals surface area contributed by atoms with E-state index < -0.39 is 0 Å². The number of ether oxygens (including phenoxy) is 6. The highest BCUT2D eigenvalue weighted by Crippen LogP contribution is 2.26. The summed E-state index contributed by atoms with van der Waals surface area (Å²) in [4.78, 5) is 0. The first kappa shape index (κ1) is 41.6. The van der Waals surface area contributed by atoms with E-state index >= 15 is 0 Å². The van der Waals surface area contributed by atoms with Crippen molar-refractivity contribution in [3.8, 4) is 0 Å². The molecule has 0 aromatic heterocycles. The summed E-state index contributed by atoms with van der Waals surface area (Å²) >= 11 is 0. The summed E-state index contributed by atoms with van der Waals surface area (Å²) in [6.07, 6.45) is 8.32. The SMILES string of the molecule is C=C[C@@H](OCC(OCC)OCC)[C@@H](CCCC)C(C)C.CCCC[C@@H](C(C)C)[C@@H](CO)OCC(OCC)OCC. The zero-order valence-electron chi connectivity index (χ0n) is 28.0. The van der Waals surface area contributed by atoms with Gasteiger partial charge >= 0.3 is 0 Å². The monoisotopic (exact) mass is 576 g/mol. The molecule has 1 N–H and O–H groups in total. The molecule has 0 aromatic rings. The van der Waals surface area contributed by atoms with Gasteiger partial charge in [-0.2, -0.15) is 0 Å². The predicted molar refractivity (Wildman–Crippen MR) is 167 cm³/mol. The third-order valence-corrected chi connectivity index (χ3v) is 7.09. The molecule has 0 aliphatic carbocycles. The van der Waals surface area contributed by atoms with Gasteiger partial charge in [0, 0.05) is 26.4 Å². The van der Waals surface area contributed by atoms with Crippen LogP contribution >= 0.6 is 0 Å². The third-order valence-electron chi connectivity index (χ3n) is 7.09. The summed E-state index contributed by atoms with van der Waals surface area (Å²) in [5.74, 6) is 1.97. The van der Waals surface area contributed by atoms with Crippen molar-refractivity contribution in [2.24, 2.45) is 23.7 Å². The fourth-order valence-corrected chi connectivity index (χ4v) is 4.81. The molecule has 0 fully saturated rings. The lowest BCUT2D eigenvalue weighted by atomic mass is 9.85. The first-order chi connectivity index (χ1) is 19.2. The van der Waals surface area contributed by atoms with Gasteiger partial charge in [-0.3, -0.25) is 0 Å². The minimum Gasteiger partial charge on any atom is -0.394 e. The van der Waals surface area contributed by atoms with Crippen molar-refractivity contribution in [1.82, 2.24) is 0 Å². The molecule has 0 rings (SSSR count). The lowest BCUT2D eigenvalue weighted by Crippen LogP contribution is -2.35. The average molecular weight is 577 g/mol. The zero-order chi connectivity index (χ0) is 30.8. The highest BCUT2D eigenvalue weighted by Gasteiger charge is 2.26. The maximum atomic E-state index is 9.61. The Morgan fingerprint density at radius 1 is 0.600 bits per heavy atom. The molecule has 0 radical (unpaired) electrons. The highest BCUT2D eigenvalue weighted by atomic mass is 16.7. The summed E-state index contributed by atoms with van der Waals surface area (Å²) in [7, 11) is 0. The number of unbranched alkanes of at least 4 members (excludes halogenated alkanes) is 2. The van der Waals surface area contributed by atoms with E-state index in [4.69, 9.17) is 28.4 Å². The zero-order valence-corrected chi connectivity index (χ0v) is 28.0. The van der Waals surface area contributed by atoms with E-state index in [1.807, 2.05) is 33.8 Å². The lowest BCUT2D eigenvalue weighted by molar-refractivity contribution is -0.185. The van der Waals surface area contributed by atoms with Crippen LogP contribution in [0, 0.1) is 23.7 Å². The Labute approximate surface area is 248 Å². The minimum atomic E-state index is -0.335. The number of rotatable bonds is 26. The van der Waals surface area contributed by atoms with Gasteiger partial charge in [0.25, 0.3) is 0 Å². The first-order valence-corrected chi connectivity index (χ1v) is 16.1. The Morgan fingerprint density at radius 3 is 1.32 bits per heavy atom. The molecule has 0 spiro atoms. The van der Waals surface area contributed by atoms with Crippen LogP contribution in [-0.2, 0) is 28.4 Å². The Balaban J connectivity index is 0. The van der Waals surface area contributed by atoms with Gasteiger partial charge in [-0.25, -0.2) is 0 Å². The Bertz CT molecular complexity index is 517. The van der Waals surface area contributed by atoms with Gasteiger partial charge in [0.1, 0.15) is 0 Å². The van der Waals surface area contributed by atoms with E-state index in [9.17, 15) is 5.11 Å². The Hall–Kier alpha value is -0.540. The number of aliphatic hydroxyl groups excluding tert-OH is 1. The summed E-state index contributed by atoms with van der Waals surface area (Å²) in [5.41, 5.74) is 0. The Kier molecular flexibility index (Phi) is 29.7. The lowest BCUT2D eigenvalue weighted by Gasteiger charge is -2.30. The van der Waals surface area contributed by atoms with E-state index in [0.717, 1.165) is 6.42 Å². The molecule has 0 bridgehead atoms. The molecule has 0 aromatic carbocycles. The van der Waals surface area contributed by atoms with Gasteiger partial charge in [0.15, 0.2) is 12.6 Å². The second-order valence-electron chi connectivity index (χ2n) is 10.9. The standard InChI is InChI=1S/C17H34O3.C16H34O4/c1-7-11-12-15(14(5)6)16(8-2)20-13-17(18-9-3)19-10-4;1-6-9-10-14(13(4)5)15(11-17)20-12-16(18-7-2)19-8-3/h8,14-17H,2,7,9-13H2,1,3-6H3;13-17H,6-12H2,1-5H3/t15-,16+;14-,15+/m00/s1. The number of aliphatic hydroxyl groups is 1. The molecule has 4 atom stereocenters. The second-order valence-corrected chi connectivity index (χ2v) is 10.9. The van der Waals surface area contributed by atoms with E-state index in [1.54, 1.807) is 0 Å². The predicted octanol–water partition coefficient (Wildman–Crippen LogP) is 7.64. The van der Waals surface area contributed by atoms with Crippen LogP contribution in [0.5, 0.6) is 0 Å². The van der Waals surface area contributed by atoms with Crippen LogP contribution < -0.4 is 0 Å². The first-order valence-electron chi connectivity index (χ1n) is 16.1. The molecule has 0 saturated carbocycles. The van der Waals surface area contributed by atoms with E-state index in [1.165, 1.54) is 32.1 Å². The van der Waals surface area contributed by atoms with Gasteiger partial charge in [0.05, 0.1) is 32.0 Å². The van der Waals surface area contributed by atoms with Crippen LogP contribution in [0.4, 0.5) is 0 Å². The molecular formula is C33H68O7. The second kappa shape index (κ2) is 28.6. The van der Waals surface area contributed by atoms with Gasteiger partial charge in [-0.05, 0) is 64.2 Å². The molecule has 0 amide bonds. The average Bonchev–Trinajstić information content (AvgIpc) is 2.92. The summed E-state index contributed by atoms with van der Waals surface area (Å²) in [6, 6.07) is 0. The van der Waals surface area contributed by atoms with Crippen LogP contribution in [0.1, 0.15) is 108 Å². The maximum absolute atomic E-state index is 9.61. The van der Waals surface area contributed by atoms with E-state index in [2.05, 4.69) is 48.1 Å². The fourth-order valence-electron chi connectivity index (χ4n) is 4.81. The van der Waals surface area contributed by atoms with Crippen molar-refractivity contribution < 1.29 is 33.5 Å². The van der Waals surface area contributed by atoms with Gasteiger partial charge in [-0.1, -0.05) is 73.3 Å². The molecule has 7 heteroatoms. The summed E-state index contributed by atoms with van der Waals surface area (Å²) in [6.45, 7) is 28.4. The quantitative estimate of drug-likeness (QED) is 0.0837. The largest absolute Gasteiger partial charge is 0.394 e. The van der Waals surface area contributed by atoms with Crippen LogP contribution in [0.2, 0.25) is 0 Å². The molecule has 0 aliphatic heterocycles. The van der Waals surface area contributed by atoms with Crippen molar-refractivity contribution in [2.45, 2.75) is 133 Å². The highest BCUT2D eigenvalue weighted by molar-refractivity contribution is 4.87. The summed E-state index contributed by atoms with van der Waals surface area (Å²) < 4.78 is 33.9. The molecule has 0 aliphatic rings. The van der Waals surface area contributed by atoms with Crippen molar-refractivity contribution in [2.75, 3.05) is 46.2 Å². The van der Waals surface area contributed by atoms with Crippen LogP contribution in [0.25, 0.3) is 0 Å². The molecule has 40 heavy (non-hydrogen) atoms. The summed E-state index contributed by atoms with van der Waals surface area (Å²) in [5, 5.41) is 9.61. The fraction of sp³-hybridized carbons (Fsp3) is 0.939. The van der Waals surface area contributed by atoms with Crippen LogP contribution in [0.15, 0.2) is 12.7 Å². The Morgan fingerprint density at radius 2 is 1.00 bits per heavy atom.